The number of nitrogens with zero attached hydrogens (tertiary/aromatic N) is 1. The summed E-state index contributed by atoms with van der Waals surface area (Å²) in [6, 6.07) is 5.81. The van der Waals surface area contributed by atoms with Gasteiger partial charge in [-0.2, -0.15) is 0 Å². The molecule has 1 N–H and O–H groups in total. The van der Waals surface area contributed by atoms with Crippen molar-refractivity contribution in [3.63, 3.8) is 0 Å². The number of aromatic nitrogens is 1. The zero-order chi connectivity index (χ0) is 9.10. The third-order valence-electron chi connectivity index (χ3n) is 2.61. The second-order valence-corrected chi connectivity index (χ2v) is 3.43. The molecular formula is C10H13FN2. The van der Waals surface area contributed by atoms with E-state index in [1.54, 1.807) is 6.20 Å². The van der Waals surface area contributed by atoms with Crippen LogP contribution in [0.5, 0.6) is 0 Å². The number of alkyl halides is 1. The van der Waals surface area contributed by atoms with Gasteiger partial charge in [-0.3, -0.25) is 9.37 Å². The van der Waals surface area contributed by atoms with Gasteiger partial charge in [-0.05, 0) is 12.1 Å². The molecule has 1 aromatic heterocycles. The number of hydrogen-bond acceptors (Lipinski definition) is 2. The highest BCUT2D eigenvalue weighted by Gasteiger charge is 2.28. The van der Waals surface area contributed by atoms with E-state index in [0.29, 0.717) is 0 Å². The topological polar surface area (TPSA) is 24.9 Å². The van der Waals surface area contributed by atoms with Gasteiger partial charge >= 0.3 is 0 Å². The number of rotatable bonds is 2. The molecule has 1 saturated heterocycles. The Labute approximate surface area is 77.2 Å². The van der Waals surface area contributed by atoms with Crippen LogP contribution in [0.3, 0.4) is 0 Å². The molecule has 2 nitrogen and oxygen atoms in total. The van der Waals surface area contributed by atoms with Crippen molar-refractivity contribution < 1.29 is 4.39 Å². The molecule has 70 valence electrons. The lowest BCUT2D eigenvalue weighted by Crippen LogP contribution is -2.13. The lowest BCUT2D eigenvalue weighted by molar-refractivity contribution is 0.356. The minimum atomic E-state index is -0.256. The van der Waals surface area contributed by atoms with Gasteiger partial charge in [0.25, 0.3) is 0 Å². The van der Waals surface area contributed by atoms with E-state index < -0.39 is 0 Å². The summed E-state index contributed by atoms with van der Waals surface area (Å²) in [4.78, 5) is 4.25. The maximum absolute atomic E-state index is 12.6. The van der Waals surface area contributed by atoms with Crippen molar-refractivity contribution in [2.45, 2.75) is 5.92 Å². The van der Waals surface area contributed by atoms with Crippen molar-refractivity contribution in [3.05, 3.63) is 30.1 Å². The standard InChI is InChI=1S/C10H13FN2/c11-5-8-6-12-7-9(8)10-3-1-2-4-13-10/h1-4,8-9,12H,5-7H2/t8-,9+/m1/s1. The van der Waals surface area contributed by atoms with Crippen LogP contribution in [0, 0.1) is 5.92 Å². The summed E-state index contributed by atoms with van der Waals surface area (Å²) in [6.45, 7) is 1.37. The smallest absolute Gasteiger partial charge is 0.0941 e. The SMILES string of the molecule is FC[C@@H]1CNC[C@@H]1c1ccccn1. The predicted molar refractivity (Wildman–Crippen MR) is 49.3 cm³/mol. The highest BCUT2D eigenvalue weighted by atomic mass is 19.1. The highest BCUT2D eigenvalue weighted by molar-refractivity contribution is 5.13. The molecule has 13 heavy (non-hydrogen) atoms. The number of hydrogen-bond donors (Lipinski definition) is 1. The molecule has 0 radical (unpaired) electrons. The van der Waals surface area contributed by atoms with Crippen molar-refractivity contribution in [2.24, 2.45) is 5.92 Å². The lowest BCUT2D eigenvalue weighted by Gasteiger charge is -2.13. The number of pyridine rings is 1. The first-order valence-corrected chi connectivity index (χ1v) is 4.59. The van der Waals surface area contributed by atoms with E-state index in [1.807, 2.05) is 18.2 Å². The monoisotopic (exact) mass is 180 g/mol. The molecular weight excluding hydrogens is 167 g/mol. The molecule has 0 aromatic carbocycles. The van der Waals surface area contributed by atoms with Gasteiger partial charge in [0, 0.05) is 36.8 Å². The zero-order valence-electron chi connectivity index (χ0n) is 7.41. The summed E-state index contributed by atoms with van der Waals surface area (Å²) in [6.07, 6.45) is 1.77. The minimum absolute atomic E-state index is 0.106. The van der Waals surface area contributed by atoms with E-state index >= 15 is 0 Å². The summed E-state index contributed by atoms with van der Waals surface area (Å²) >= 11 is 0. The van der Waals surface area contributed by atoms with Crippen molar-refractivity contribution in [1.82, 2.24) is 10.3 Å². The predicted octanol–water partition coefficient (Wildman–Crippen LogP) is 1.35. The average Bonchev–Trinajstić information content (AvgIpc) is 2.67. The third-order valence-corrected chi connectivity index (χ3v) is 2.61. The highest BCUT2D eigenvalue weighted by Crippen LogP contribution is 2.26. The molecule has 0 bridgehead atoms. The quantitative estimate of drug-likeness (QED) is 0.743. The summed E-state index contributed by atoms with van der Waals surface area (Å²) < 4.78 is 12.6. The molecule has 0 aliphatic carbocycles. The Kier molecular flexibility index (Phi) is 2.54. The number of nitrogens with one attached hydrogen (secondary N) is 1. The van der Waals surface area contributed by atoms with E-state index in [2.05, 4.69) is 10.3 Å². The van der Waals surface area contributed by atoms with E-state index in [1.165, 1.54) is 0 Å². The molecule has 2 heterocycles. The van der Waals surface area contributed by atoms with Crippen LogP contribution >= 0.6 is 0 Å². The van der Waals surface area contributed by atoms with Crippen LogP contribution in [0.4, 0.5) is 4.39 Å². The molecule has 1 fully saturated rings. The molecule has 0 saturated carbocycles. The van der Waals surface area contributed by atoms with E-state index in [-0.39, 0.29) is 18.5 Å². The first-order valence-electron chi connectivity index (χ1n) is 4.59. The fraction of sp³-hybridized carbons (Fsp3) is 0.500. The maximum Gasteiger partial charge on any atom is 0.0941 e. The van der Waals surface area contributed by atoms with E-state index in [4.69, 9.17) is 0 Å². The largest absolute Gasteiger partial charge is 0.316 e. The van der Waals surface area contributed by atoms with Crippen molar-refractivity contribution in [2.75, 3.05) is 19.8 Å². The Morgan fingerprint density at radius 1 is 1.46 bits per heavy atom. The molecule has 0 spiro atoms. The summed E-state index contributed by atoms with van der Waals surface area (Å²) in [5, 5.41) is 3.19. The van der Waals surface area contributed by atoms with Crippen molar-refractivity contribution in [3.8, 4) is 0 Å². The minimum Gasteiger partial charge on any atom is -0.316 e. The molecule has 0 amide bonds. The van der Waals surface area contributed by atoms with Crippen molar-refractivity contribution in [1.29, 1.82) is 0 Å². The van der Waals surface area contributed by atoms with Crippen LogP contribution in [-0.2, 0) is 0 Å². The molecule has 2 rings (SSSR count). The summed E-state index contributed by atoms with van der Waals surface area (Å²) in [5.41, 5.74) is 1.01. The number of halogens is 1. The Morgan fingerprint density at radius 3 is 3.08 bits per heavy atom. The van der Waals surface area contributed by atoms with Crippen LogP contribution in [0.1, 0.15) is 11.6 Å². The van der Waals surface area contributed by atoms with Gasteiger partial charge in [-0.1, -0.05) is 6.07 Å². The van der Waals surface area contributed by atoms with Crippen LogP contribution in [0.2, 0.25) is 0 Å². The van der Waals surface area contributed by atoms with Crippen LogP contribution in [-0.4, -0.2) is 24.7 Å². The van der Waals surface area contributed by atoms with E-state index in [0.717, 1.165) is 18.8 Å². The molecule has 1 aliphatic rings. The zero-order valence-corrected chi connectivity index (χ0v) is 7.41. The Hall–Kier alpha value is -0.960. The summed E-state index contributed by atoms with van der Waals surface area (Å²) in [7, 11) is 0. The van der Waals surface area contributed by atoms with Crippen molar-refractivity contribution >= 4 is 0 Å². The average molecular weight is 180 g/mol. The van der Waals surface area contributed by atoms with Crippen LogP contribution in [0.15, 0.2) is 24.4 Å². The molecule has 0 unspecified atom stereocenters. The van der Waals surface area contributed by atoms with Gasteiger partial charge in [0.15, 0.2) is 0 Å². The normalized spacial score (nSPS) is 27.8. The maximum atomic E-state index is 12.6. The van der Waals surface area contributed by atoms with Gasteiger partial charge in [0.2, 0.25) is 0 Å². The van der Waals surface area contributed by atoms with Gasteiger partial charge in [-0.15, -0.1) is 0 Å². The Balaban J connectivity index is 2.16. The van der Waals surface area contributed by atoms with E-state index in [9.17, 15) is 4.39 Å². The molecule has 3 heteroatoms. The second-order valence-electron chi connectivity index (χ2n) is 3.43. The van der Waals surface area contributed by atoms with Gasteiger partial charge in [0.1, 0.15) is 0 Å². The fourth-order valence-electron chi connectivity index (χ4n) is 1.84. The first kappa shape index (κ1) is 8.63. The Bertz CT molecular complexity index is 263. The summed E-state index contributed by atoms with van der Waals surface area (Å²) in [5.74, 6) is 0.362. The van der Waals surface area contributed by atoms with Crippen LogP contribution in [0.25, 0.3) is 0 Å². The van der Waals surface area contributed by atoms with Crippen LogP contribution < -0.4 is 5.32 Å². The molecule has 2 atom stereocenters. The van der Waals surface area contributed by atoms with Gasteiger partial charge in [0.05, 0.1) is 6.67 Å². The first-order chi connectivity index (χ1) is 6.42. The molecule has 1 aromatic rings. The lowest BCUT2D eigenvalue weighted by atomic mass is 9.94. The van der Waals surface area contributed by atoms with Gasteiger partial charge < -0.3 is 5.32 Å². The third kappa shape index (κ3) is 1.70. The fourth-order valence-corrected chi connectivity index (χ4v) is 1.84. The molecule has 1 aliphatic heterocycles. The second kappa shape index (κ2) is 3.83. The van der Waals surface area contributed by atoms with Gasteiger partial charge in [-0.25, -0.2) is 0 Å². The Morgan fingerprint density at radius 2 is 2.38 bits per heavy atom.